The van der Waals surface area contributed by atoms with Crippen LogP contribution in [0.2, 0.25) is 0 Å². The molecule has 264 valence electrons. The number of rotatable bonds is 25. The van der Waals surface area contributed by atoms with Crippen LogP contribution in [-0.2, 0) is 42.7 Å². The number of carbonyl (C=O) groups is 2. The number of ether oxygens (including phenoxy) is 7. The third kappa shape index (κ3) is 28.1. The molecule has 12 heteroatoms. The number of epoxide rings is 1. The minimum atomic E-state index is -0.704. The molecule has 2 unspecified atom stereocenters. The lowest BCUT2D eigenvalue weighted by Crippen LogP contribution is -2.35. The van der Waals surface area contributed by atoms with Gasteiger partial charge in [0, 0.05) is 33.9 Å². The Morgan fingerprint density at radius 2 is 1.36 bits per heavy atom. The summed E-state index contributed by atoms with van der Waals surface area (Å²) in [5, 5.41) is 12.8. The maximum Gasteiger partial charge on any atom is 0.311 e. The van der Waals surface area contributed by atoms with E-state index in [4.69, 9.17) is 38.9 Å². The van der Waals surface area contributed by atoms with Crippen molar-refractivity contribution in [3.05, 3.63) is 0 Å². The number of aliphatic hydroxyl groups is 1. The van der Waals surface area contributed by atoms with Crippen molar-refractivity contribution >= 4 is 11.9 Å². The van der Waals surface area contributed by atoms with Crippen LogP contribution in [0.5, 0.6) is 0 Å². The van der Waals surface area contributed by atoms with Crippen LogP contribution in [0.4, 0.5) is 0 Å². The number of aliphatic hydroxyl groups excluding tert-OH is 1. The molecule has 1 saturated heterocycles. The first-order chi connectivity index (χ1) is 20.9. The van der Waals surface area contributed by atoms with Gasteiger partial charge in [0.05, 0.1) is 57.1 Å². The van der Waals surface area contributed by atoms with Gasteiger partial charge in [-0.05, 0) is 40.5 Å². The highest BCUT2D eigenvalue weighted by molar-refractivity contribution is 5.76. The highest BCUT2D eigenvalue weighted by atomic mass is 16.6. The molecule has 0 spiro atoms. The van der Waals surface area contributed by atoms with Gasteiger partial charge in [-0.25, -0.2) is 0 Å². The van der Waals surface area contributed by atoms with E-state index in [1.165, 1.54) is 0 Å². The molecule has 0 saturated carbocycles. The summed E-state index contributed by atoms with van der Waals surface area (Å²) in [5.74, 6) is -0.343. The zero-order chi connectivity index (χ0) is 33.7. The van der Waals surface area contributed by atoms with E-state index < -0.39 is 11.5 Å². The van der Waals surface area contributed by atoms with Gasteiger partial charge in [-0.2, -0.15) is 0 Å². The third-order valence-electron chi connectivity index (χ3n) is 6.55. The monoisotopic (exact) mass is 638 g/mol. The van der Waals surface area contributed by atoms with E-state index in [-0.39, 0.29) is 30.1 Å². The molecule has 12 nitrogen and oxygen atoms in total. The molecular weight excluding hydrogens is 572 g/mol. The van der Waals surface area contributed by atoms with Gasteiger partial charge in [0.25, 0.3) is 0 Å². The molecular formula is C32H66N2O10. The molecule has 0 radical (unpaired) electrons. The molecule has 4 N–H and O–H groups in total. The summed E-state index contributed by atoms with van der Waals surface area (Å²) >= 11 is 0. The summed E-state index contributed by atoms with van der Waals surface area (Å²) in [6.07, 6.45) is 5.39. The molecule has 0 amide bonds. The molecule has 1 fully saturated rings. The van der Waals surface area contributed by atoms with Gasteiger partial charge < -0.3 is 49.3 Å². The van der Waals surface area contributed by atoms with Crippen molar-refractivity contribution in [1.29, 1.82) is 0 Å². The van der Waals surface area contributed by atoms with Gasteiger partial charge in [-0.1, -0.05) is 39.5 Å². The van der Waals surface area contributed by atoms with E-state index in [0.717, 1.165) is 45.1 Å². The van der Waals surface area contributed by atoms with Gasteiger partial charge in [-0.3, -0.25) is 9.59 Å². The second-order valence-corrected chi connectivity index (χ2v) is 12.0. The van der Waals surface area contributed by atoms with Gasteiger partial charge in [0.1, 0.15) is 25.4 Å². The number of hydrogen-bond acceptors (Lipinski definition) is 12. The van der Waals surface area contributed by atoms with Crippen molar-refractivity contribution in [2.45, 2.75) is 92.3 Å². The van der Waals surface area contributed by atoms with Crippen molar-refractivity contribution in [1.82, 2.24) is 5.32 Å². The first-order valence-electron chi connectivity index (χ1n) is 16.1. The maximum atomic E-state index is 12.0. The molecule has 1 heterocycles. The van der Waals surface area contributed by atoms with Crippen LogP contribution in [0, 0.1) is 10.8 Å². The predicted octanol–water partition coefficient (Wildman–Crippen LogP) is 3.11. The smallest absolute Gasteiger partial charge is 0.311 e. The van der Waals surface area contributed by atoms with E-state index in [1.54, 1.807) is 14.2 Å². The third-order valence-corrected chi connectivity index (χ3v) is 6.55. The molecule has 1 aliphatic rings. The quantitative estimate of drug-likeness (QED) is 0.0763. The average Bonchev–Trinajstić information content (AvgIpc) is 3.83. The van der Waals surface area contributed by atoms with Crippen LogP contribution < -0.4 is 11.1 Å². The predicted molar refractivity (Wildman–Crippen MR) is 172 cm³/mol. The Morgan fingerprint density at radius 1 is 0.864 bits per heavy atom. The highest BCUT2D eigenvalue weighted by Crippen LogP contribution is 2.26. The van der Waals surface area contributed by atoms with Crippen molar-refractivity contribution in [2.75, 3.05) is 93.3 Å². The molecule has 0 bridgehead atoms. The molecule has 1 rings (SSSR count). The molecule has 2 atom stereocenters. The Hall–Kier alpha value is -1.38. The summed E-state index contributed by atoms with van der Waals surface area (Å²) in [6, 6.07) is 0. The topological polar surface area (TPSA) is 160 Å². The summed E-state index contributed by atoms with van der Waals surface area (Å²) in [7, 11) is 3.27. The lowest BCUT2D eigenvalue weighted by molar-refractivity contribution is -0.157. The van der Waals surface area contributed by atoms with E-state index >= 15 is 0 Å². The Bertz CT molecular complexity index is 669. The van der Waals surface area contributed by atoms with E-state index in [2.05, 4.69) is 19.2 Å². The van der Waals surface area contributed by atoms with E-state index in [9.17, 15) is 14.7 Å². The highest BCUT2D eigenvalue weighted by Gasteiger charge is 2.31. The SMILES string of the molecule is CCCCC(C)(C)C(=O)OCC(O)CNCCOCCOC.CCCCC(C)(C)C(=O)OCC1CO1.COCCOCCN. The van der Waals surface area contributed by atoms with Crippen LogP contribution in [-0.4, -0.2) is 123 Å². The molecule has 44 heavy (non-hydrogen) atoms. The van der Waals surface area contributed by atoms with Gasteiger partial charge in [0.15, 0.2) is 0 Å². The lowest BCUT2D eigenvalue weighted by atomic mass is 9.87. The van der Waals surface area contributed by atoms with Crippen molar-refractivity contribution < 1.29 is 47.9 Å². The Morgan fingerprint density at radius 3 is 1.82 bits per heavy atom. The number of hydrogen-bond donors (Lipinski definition) is 3. The molecule has 1 aliphatic heterocycles. The standard InChI is InChI=1S/C16H33NO5.C11H20O3.C5H13NO2/c1-5-6-7-16(2,3)15(19)22-13-14(18)12-17-8-9-21-11-10-20-4;1-4-5-6-11(2,3)10(12)14-8-9-7-13-9;1-7-4-5-8-3-2-6/h14,17-18H,5-13H2,1-4H3;9H,4-8H2,1-3H3;2-6H2,1H3. The summed E-state index contributed by atoms with van der Waals surface area (Å²) in [6.45, 7) is 18.3. The van der Waals surface area contributed by atoms with Crippen LogP contribution in [0.3, 0.4) is 0 Å². The van der Waals surface area contributed by atoms with Gasteiger partial charge >= 0.3 is 11.9 Å². The molecule has 0 aliphatic carbocycles. The number of methoxy groups -OCH3 is 2. The normalized spacial score (nSPS) is 14.9. The Kier molecular flexibility index (Phi) is 29.5. The van der Waals surface area contributed by atoms with Crippen LogP contribution in [0.25, 0.3) is 0 Å². The zero-order valence-electron chi connectivity index (χ0n) is 29.1. The van der Waals surface area contributed by atoms with Crippen molar-refractivity contribution in [2.24, 2.45) is 16.6 Å². The molecule has 0 aromatic carbocycles. The minimum Gasteiger partial charge on any atom is -0.462 e. The van der Waals surface area contributed by atoms with Crippen LogP contribution >= 0.6 is 0 Å². The molecule has 0 aromatic rings. The fourth-order valence-corrected chi connectivity index (χ4v) is 3.38. The van der Waals surface area contributed by atoms with Gasteiger partial charge in [-0.15, -0.1) is 0 Å². The fraction of sp³-hybridized carbons (Fsp3) is 0.938. The number of esters is 2. The Balaban J connectivity index is 0. The fourth-order valence-electron chi connectivity index (χ4n) is 3.38. The van der Waals surface area contributed by atoms with Gasteiger partial charge in [0.2, 0.25) is 0 Å². The van der Waals surface area contributed by atoms with E-state index in [1.807, 2.05) is 27.7 Å². The second-order valence-electron chi connectivity index (χ2n) is 12.0. The largest absolute Gasteiger partial charge is 0.462 e. The maximum absolute atomic E-state index is 12.0. The van der Waals surface area contributed by atoms with E-state index in [0.29, 0.717) is 65.9 Å². The molecule has 0 aromatic heterocycles. The number of unbranched alkanes of at least 4 members (excludes halogenated alkanes) is 2. The number of nitrogens with one attached hydrogen (secondary N) is 1. The average molecular weight is 639 g/mol. The summed E-state index contributed by atoms with van der Waals surface area (Å²) < 4.78 is 35.2. The zero-order valence-corrected chi connectivity index (χ0v) is 29.1. The minimum absolute atomic E-state index is 0.0198. The summed E-state index contributed by atoms with van der Waals surface area (Å²) in [5.41, 5.74) is 4.31. The number of carbonyl (C=O) groups excluding carboxylic acids is 2. The first kappa shape index (κ1) is 44.7. The van der Waals surface area contributed by atoms with Crippen molar-refractivity contribution in [3.63, 3.8) is 0 Å². The number of nitrogens with two attached hydrogens (primary N) is 1. The first-order valence-corrected chi connectivity index (χ1v) is 16.1. The van der Waals surface area contributed by atoms with Crippen LogP contribution in [0.1, 0.15) is 80.1 Å². The summed E-state index contributed by atoms with van der Waals surface area (Å²) in [4.78, 5) is 23.6. The van der Waals surface area contributed by atoms with Crippen molar-refractivity contribution in [3.8, 4) is 0 Å². The second kappa shape index (κ2) is 29.1. The Labute approximate surface area is 267 Å². The van der Waals surface area contributed by atoms with Crippen LogP contribution in [0.15, 0.2) is 0 Å². The lowest BCUT2D eigenvalue weighted by Gasteiger charge is -2.23.